The molecule has 0 spiro atoms. The molecule has 0 saturated carbocycles. The van der Waals surface area contributed by atoms with E-state index in [2.05, 4.69) is 22.6 Å². The number of rotatable bonds is 4. The summed E-state index contributed by atoms with van der Waals surface area (Å²) < 4.78 is 6.36. The number of hydrogen-bond donors (Lipinski definition) is 1. The van der Waals surface area contributed by atoms with E-state index >= 15 is 0 Å². The molecule has 18 heavy (non-hydrogen) atoms. The molecule has 2 nitrogen and oxygen atoms in total. The van der Waals surface area contributed by atoms with E-state index in [9.17, 15) is 5.11 Å². The van der Waals surface area contributed by atoms with Crippen LogP contribution in [0, 0.1) is 3.57 Å². The second kappa shape index (κ2) is 6.20. The van der Waals surface area contributed by atoms with Crippen molar-refractivity contribution in [1.29, 1.82) is 0 Å². The summed E-state index contributed by atoms with van der Waals surface area (Å²) in [5.74, 6) is 0.772. The van der Waals surface area contributed by atoms with Crippen molar-refractivity contribution in [3.63, 3.8) is 0 Å². The lowest BCUT2D eigenvalue weighted by atomic mass is 10.0. The van der Waals surface area contributed by atoms with Crippen LogP contribution in [0.3, 0.4) is 0 Å². The minimum Gasteiger partial charge on any atom is -0.497 e. The van der Waals surface area contributed by atoms with Gasteiger partial charge in [0.2, 0.25) is 0 Å². The molecule has 2 rings (SSSR count). The fraction of sp³-hybridized carbons (Fsp3) is 0.200. The minimum absolute atomic E-state index is 0.500. The molecule has 0 amide bonds. The molecule has 0 aliphatic heterocycles. The normalized spacial score (nSPS) is 12.2. The first-order valence-corrected chi connectivity index (χ1v) is 6.83. The van der Waals surface area contributed by atoms with Crippen LogP contribution in [0.25, 0.3) is 0 Å². The Morgan fingerprint density at radius 2 is 1.89 bits per heavy atom. The molecular formula is C15H15IO2. The Morgan fingerprint density at radius 1 is 1.17 bits per heavy atom. The van der Waals surface area contributed by atoms with Gasteiger partial charge in [0.15, 0.2) is 0 Å². The van der Waals surface area contributed by atoms with Crippen molar-refractivity contribution in [1.82, 2.24) is 0 Å². The van der Waals surface area contributed by atoms with Crippen LogP contribution in [-0.4, -0.2) is 12.2 Å². The molecule has 0 bridgehead atoms. The topological polar surface area (TPSA) is 29.5 Å². The van der Waals surface area contributed by atoms with Gasteiger partial charge in [-0.2, -0.15) is 0 Å². The third-order valence-corrected chi connectivity index (χ3v) is 3.54. The summed E-state index contributed by atoms with van der Waals surface area (Å²) in [6.45, 7) is 0. The zero-order valence-corrected chi connectivity index (χ0v) is 12.3. The Labute approximate surface area is 121 Å². The third-order valence-electron chi connectivity index (χ3n) is 2.82. The van der Waals surface area contributed by atoms with Gasteiger partial charge in [-0.15, -0.1) is 0 Å². The molecule has 0 aliphatic rings. The van der Waals surface area contributed by atoms with Crippen molar-refractivity contribution >= 4 is 22.6 Å². The fourth-order valence-electron chi connectivity index (χ4n) is 1.81. The molecule has 1 unspecified atom stereocenters. The maximum Gasteiger partial charge on any atom is 0.119 e. The molecule has 0 radical (unpaired) electrons. The zero-order chi connectivity index (χ0) is 13.0. The first kappa shape index (κ1) is 13.4. The van der Waals surface area contributed by atoms with Gasteiger partial charge >= 0.3 is 0 Å². The molecular weight excluding hydrogens is 339 g/mol. The highest BCUT2D eigenvalue weighted by Gasteiger charge is 2.09. The largest absolute Gasteiger partial charge is 0.497 e. The van der Waals surface area contributed by atoms with Crippen molar-refractivity contribution in [2.24, 2.45) is 0 Å². The van der Waals surface area contributed by atoms with E-state index in [1.165, 1.54) is 3.57 Å². The van der Waals surface area contributed by atoms with Gasteiger partial charge in [-0.1, -0.05) is 24.3 Å². The SMILES string of the molecule is COc1cccc(C(O)Cc2ccc(I)cc2)c1. The highest BCUT2D eigenvalue weighted by atomic mass is 127. The fourth-order valence-corrected chi connectivity index (χ4v) is 2.17. The summed E-state index contributed by atoms with van der Waals surface area (Å²) in [4.78, 5) is 0. The van der Waals surface area contributed by atoms with Gasteiger partial charge in [-0.05, 0) is 58.0 Å². The maximum absolute atomic E-state index is 10.2. The summed E-state index contributed by atoms with van der Waals surface area (Å²) in [5.41, 5.74) is 2.01. The standard InChI is InChI=1S/C15H15IO2/c1-18-14-4-2-3-12(10-14)15(17)9-11-5-7-13(16)8-6-11/h2-8,10,15,17H,9H2,1H3. The van der Waals surface area contributed by atoms with Crippen molar-refractivity contribution < 1.29 is 9.84 Å². The van der Waals surface area contributed by atoms with Crippen LogP contribution in [0.2, 0.25) is 0 Å². The van der Waals surface area contributed by atoms with Gasteiger partial charge in [0, 0.05) is 9.99 Å². The lowest BCUT2D eigenvalue weighted by Gasteiger charge is -2.12. The van der Waals surface area contributed by atoms with E-state index in [-0.39, 0.29) is 0 Å². The van der Waals surface area contributed by atoms with Crippen LogP contribution in [0.4, 0.5) is 0 Å². The second-order valence-electron chi connectivity index (χ2n) is 4.12. The summed E-state index contributed by atoms with van der Waals surface area (Å²) in [7, 11) is 1.63. The first-order chi connectivity index (χ1) is 8.69. The summed E-state index contributed by atoms with van der Waals surface area (Å²) >= 11 is 2.27. The molecule has 0 aromatic heterocycles. The van der Waals surface area contributed by atoms with Gasteiger partial charge < -0.3 is 9.84 Å². The lowest BCUT2D eigenvalue weighted by Crippen LogP contribution is -2.02. The Bertz CT molecular complexity index is 508. The molecule has 3 heteroatoms. The number of hydrogen-bond acceptors (Lipinski definition) is 2. The molecule has 0 fully saturated rings. The highest BCUT2D eigenvalue weighted by molar-refractivity contribution is 14.1. The Balaban J connectivity index is 2.11. The van der Waals surface area contributed by atoms with Crippen LogP contribution in [0.5, 0.6) is 5.75 Å². The van der Waals surface area contributed by atoms with E-state index in [0.29, 0.717) is 6.42 Å². The van der Waals surface area contributed by atoms with E-state index in [0.717, 1.165) is 16.9 Å². The average Bonchev–Trinajstić information content (AvgIpc) is 2.41. The first-order valence-electron chi connectivity index (χ1n) is 5.75. The number of methoxy groups -OCH3 is 1. The summed E-state index contributed by atoms with van der Waals surface area (Å²) in [6, 6.07) is 15.8. The quantitative estimate of drug-likeness (QED) is 0.851. The molecule has 2 aromatic rings. The van der Waals surface area contributed by atoms with Crippen LogP contribution >= 0.6 is 22.6 Å². The monoisotopic (exact) mass is 354 g/mol. The highest BCUT2D eigenvalue weighted by Crippen LogP contribution is 2.22. The number of aliphatic hydroxyl groups is 1. The molecule has 0 saturated heterocycles. The minimum atomic E-state index is -0.500. The van der Waals surface area contributed by atoms with E-state index in [4.69, 9.17) is 4.74 Å². The van der Waals surface area contributed by atoms with E-state index < -0.39 is 6.10 Å². The molecule has 2 aromatic carbocycles. The molecule has 0 heterocycles. The van der Waals surface area contributed by atoms with Crippen molar-refractivity contribution in [2.45, 2.75) is 12.5 Å². The molecule has 0 aliphatic carbocycles. The van der Waals surface area contributed by atoms with Crippen molar-refractivity contribution in [3.05, 3.63) is 63.2 Å². The summed E-state index contributed by atoms with van der Waals surface area (Å²) in [6.07, 6.45) is 0.115. The van der Waals surface area contributed by atoms with Gasteiger partial charge in [0.25, 0.3) is 0 Å². The smallest absolute Gasteiger partial charge is 0.119 e. The van der Waals surface area contributed by atoms with E-state index in [1.54, 1.807) is 7.11 Å². The average molecular weight is 354 g/mol. The van der Waals surface area contributed by atoms with Gasteiger partial charge in [0.05, 0.1) is 13.2 Å². The van der Waals surface area contributed by atoms with Crippen LogP contribution < -0.4 is 4.74 Å². The Morgan fingerprint density at radius 3 is 2.56 bits per heavy atom. The number of benzene rings is 2. The number of ether oxygens (including phenoxy) is 1. The van der Waals surface area contributed by atoms with Crippen LogP contribution in [0.1, 0.15) is 17.2 Å². The Kier molecular flexibility index (Phi) is 4.60. The number of aliphatic hydroxyl groups excluding tert-OH is 1. The van der Waals surface area contributed by atoms with Crippen molar-refractivity contribution in [3.8, 4) is 5.75 Å². The Hall–Kier alpha value is -1.07. The second-order valence-corrected chi connectivity index (χ2v) is 5.37. The number of halogens is 1. The predicted molar refractivity (Wildman–Crippen MR) is 80.8 cm³/mol. The molecule has 94 valence electrons. The predicted octanol–water partition coefficient (Wildman–Crippen LogP) is 3.58. The van der Waals surface area contributed by atoms with Crippen LogP contribution in [-0.2, 0) is 6.42 Å². The maximum atomic E-state index is 10.2. The lowest BCUT2D eigenvalue weighted by molar-refractivity contribution is 0.178. The van der Waals surface area contributed by atoms with Crippen LogP contribution in [0.15, 0.2) is 48.5 Å². The van der Waals surface area contributed by atoms with Gasteiger partial charge in [0.1, 0.15) is 5.75 Å². The molecule has 1 N–H and O–H groups in total. The van der Waals surface area contributed by atoms with E-state index in [1.807, 2.05) is 48.5 Å². The van der Waals surface area contributed by atoms with Crippen molar-refractivity contribution in [2.75, 3.05) is 7.11 Å². The summed E-state index contributed by atoms with van der Waals surface area (Å²) in [5, 5.41) is 10.2. The van der Waals surface area contributed by atoms with Gasteiger partial charge in [-0.25, -0.2) is 0 Å². The zero-order valence-electron chi connectivity index (χ0n) is 10.1. The molecule has 1 atom stereocenters. The van der Waals surface area contributed by atoms with Gasteiger partial charge in [-0.3, -0.25) is 0 Å². The third kappa shape index (κ3) is 3.46.